The van der Waals surface area contributed by atoms with Crippen molar-refractivity contribution in [3.8, 4) is 0 Å². The van der Waals surface area contributed by atoms with Crippen LogP contribution in [0.1, 0.15) is 19.3 Å². The van der Waals surface area contributed by atoms with Gasteiger partial charge in [-0.25, -0.2) is 9.59 Å². The van der Waals surface area contributed by atoms with Crippen LogP contribution in [0.15, 0.2) is 0 Å². The topological polar surface area (TPSA) is 113 Å². The van der Waals surface area contributed by atoms with Gasteiger partial charge in [0.25, 0.3) is 0 Å². The lowest BCUT2D eigenvalue weighted by Crippen LogP contribution is -2.45. The van der Waals surface area contributed by atoms with Gasteiger partial charge < -0.3 is 21.3 Å². The van der Waals surface area contributed by atoms with Gasteiger partial charge in [-0.3, -0.25) is 0 Å². The van der Waals surface area contributed by atoms with Crippen molar-refractivity contribution in [1.29, 1.82) is 0 Å². The lowest BCUT2D eigenvalue weighted by atomic mass is 9.90. The van der Waals surface area contributed by atoms with Gasteiger partial charge in [0.15, 0.2) is 0 Å². The Labute approximate surface area is 133 Å². The molecule has 12 heteroatoms. The molecule has 0 radical (unpaired) electrons. The fourth-order valence-corrected chi connectivity index (χ4v) is 1.94. The smallest absolute Gasteiger partial charge is 0.475 e. The molecule has 2 aliphatic rings. The van der Waals surface area contributed by atoms with E-state index in [1.807, 2.05) is 0 Å². The maximum Gasteiger partial charge on any atom is 0.490 e. The van der Waals surface area contributed by atoms with Crippen molar-refractivity contribution < 1.29 is 46.1 Å². The van der Waals surface area contributed by atoms with Crippen LogP contribution in [-0.2, 0) is 9.59 Å². The molecular weight excluding hydrogens is 350 g/mol. The molecule has 2 fully saturated rings. The monoisotopic (exact) mass is 368 g/mol. The summed E-state index contributed by atoms with van der Waals surface area (Å²) in [6.45, 7) is 2.30. The molecule has 0 spiro atoms. The first kappa shape index (κ1) is 22.4. The fourth-order valence-electron chi connectivity index (χ4n) is 1.94. The minimum Gasteiger partial charge on any atom is -0.475 e. The predicted molar refractivity (Wildman–Crippen MR) is 69.1 cm³/mol. The minimum atomic E-state index is -5.08. The Morgan fingerprint density at radius 3 is 1.54 bits per heavy atom. The van der Waals surface area contributed by atoms with Crippen LogP contribution in [0.5, 0.6) is 0 Å². The largest absolute Gasteiger partial charge is 0.490 e. The van der Waals surface area contributed by atoms with E-state index in [4.69, 9.17) is 25.5 Å². The molecule has 6 nitrogen and oxygen atoms in total. The quantitative estimate of drug-likeness (QED) is 0.523. The van der Waals surface area contributed by atoms with Crippen molar-refractivity contribution in [2.45, 2.75) is 37.7 Å². The second-order valence-electron chi connectivity index (χ2n) is 5.26. The summed E-state index contributed by atoms with van der Waals surface area (Å²) >= 11 is 0. The van der Waals surface area contributed by atoms with Gasteiger partial charge in [-0.1, -0.05) is 0 Å². The SMILES string of the molecule is NC1CCNCC1C1CC1.O=C(O)C(F)(F)F.O=C(O)C(F)(F)F. The second-order valence-corrected chi connectivity index (χ2v) is 5.26. The Kier molecular flexibility index (Phi) is 8.47. The number of nitrogens with one attached hydrogen (secondary N) is 1. The molecule has 0 aromatic rings. The number of nitrogens with two attached hydrogens (primary N) is 1. The molecule has 2 atom stereocenters. The lowest BCUT2D eigenvalue weighted by molar-refractivity contribution is -0.193. The summed E-state index contributed by atoms with van der Waals surface area (Å²) in [5.74, 6) is -3.74. The zero-order valence-electron chi connectivity index (χ0n) is 12.3. The van der Waals surface area contributed by atoms with E-state index in [1.54, 1.807) is 0 Å². The number of aliphatic carboxylic acids is 2. The summed E-state index contributed by atoms with van der Waals surface area (Å²) < 4.78 is 63.5. The van der Waals surface area contributed by atoms with Crippen LogP contribution in [0, 0.1) is 11.8 Å². The van der Waals surface area contributed by atoms with Crippen molar-refractivity contribution in [3.05, 3.63) is 0 Å². The summed E-state index contributed by atoms with van der Waals surface area (Å²) in [7, 11) is 0. The van der Waals surface area contributed by atoms with Gasteiger partial charge in [-0.15, -0.1) is 0 Å². The maximum absolute atomic E-state index is 10.6. The van der Waals surface area contributed by atoms with Crippen molar-refractivity contribution in [3.63, 3.8) is 0 Å². The van der Waals surface area contributed by atoms with E-state index in [1.165, 1.54) is 25.8 Å². The van der Waals surface area contributed by atoms with Gasteiger partial charge in [0.1, 0.15) is 0 Å². The third-order valence-electron chi connectivity index (χ3n) is 3.30. The predicted octanol–water partition coefficient (Wildman–Crippen LogP) is 1.60. The number of halogens is 6. The maximum atomic E-state index is 10.6. The van der Waals surface area contributed by atoms with Crippen LogP contribution < -0.4 is 11.1 Å². The first-order valence-corrected chi connectivity index (χ1v) is 6.83. The molecule has 2 unspecified atom stereocenters. The molecule has 1 saturated carbocycles. The van der Waals surface area contributed by atoms with Gasteiger partial charge in [-0.2, -0.15) is 26.3 Å². The Bertz CT molecular complexity index is 399. The lowest BCUT2D eigenvalue weighted by Gasteiger charge is -2.29. The summed E-state index contributed by atoms with van der Waals surface area (Å²) in [5, 5.41) is 17.7. The number of hydrogen-bond acceptors (Lipinski definition) is 4. The van der Waals surface area contributed by atoms with Crippen molar-refractivity contribution >= 4 is 11.9 Å². The average Bonchev–Trinajstić information content (AvgIpc) is 3.22. The Morgan fingerprint density at radius 2 is 1.29 bits per heavy atom. The van der Waals surface area contributed by atoms with Gasteiger partial charge in [0.05, 0.1) is 0 Å². The van der Waals surface area contributed by atoms with E-state index in [-0.39, 0.29) is 0 Å². The first-order valence-electron chi connectivity index (χ1n) is 6.83. The number of alkyl halides is 6. The molecule has 2 rings (SSSR count). The summed E-state index contributed by atoms with van der Waals surface area (Å²) in [5.41, 5.74) is 5.98. The third-order valence-corrected chi connectivity index (χ3v) is 3.30. The van der Waals surface area contributed by atoms with Crippen molar-refractivity contribution in [2.75, 3.05) is 13.1 Å². The highest BCUT2D eigenvalue weighted by molar-refractivity contribution is 5.73. The first-order chi connectivity index (χ1) is 10.8. The van der Waals surface area contributed by atoms with E-state index in [0.29, 0.717) is 6.04 Å². The number of carbonyl (C=O) groups is 2. The van der Waals surface area contributed by atoms with Gasteiger partial charge >= 0.3 is 24.3 Å². The third kappa shape index (κ3) is 9.55. The Hall–Kier alpha value is -1.56. The van der Waals surface area contributed by atoms with E-state index in [2.05, 4.69) is 5.32 Å². The molecule has 0 aromatic carbocycles. The van der Waals surface area contributed by atoms with E-state index in [9.17, 15) is 26.3 Å². The normalized spacial score (nSPS) is 24.0. The standard InChI is InChI=1S/C8H16N2.2C2HF3O2/c9-8-3-4-10-5-7(8)6-1-2-6;2*3-2(4,5)1(6)7/h6-8,10H,1-5,9H2;2*(H,6,7). The van der Waals surface area contributed by atoms with Crippen molar-refractivity contribution in [2.24, 2.45) is 17.6 Å². The number of rotatable bonds is 1. The van der Waals surface area contributed by atoms with Gasteiger partial charge in [0, 0.05) is 6.04 Å². The van der Waals surface area contributed by atoms with Crippen molar-refractivity contribution in [1.82, 2.24) is 5.32 Å². The molecule has 24 heavy (non-hydrogen) atoms. The molecule has 1 saturated heterocycles. The fraction of sp³-hybridized carbons (Fsp3) is 0.833. The number of carboxylic acid groups (broad SMARTS) is 2. The summed E-state index contributed by atoms with van der Waals surface area (Å²) in [6.07, 6.45) is -6.12. The highest BCUT2D eigenvalue weighted by Crippen LogP contribution is 2.39. The molecule has 1 heterocycles. The number of piperidine rings is 1. The summed E-state index contributed by atoms with van der Waals surface area (Å²) in [4.78, 5) is 17.8. The van der Waals surface area contributed by atoms with Crippen LogP contribution >= 0.6 is 0 Å². The van der Waals surface area contributed by atoms with E-state index in [0.717, 1.165) is 18.4 Å². The molecule has 0 amide bonds. The van der Waals surface area contributed by atoms with Crippen LogP contribution in [-0.4, -0.2) is 53.6 Å². The number of hydrogen-bond donors (Lipinski definition) is 4. The molecule has 0 aromatic heterocycles. The minimum absolute atomic E-state index is 0.494. The van der Waals surface area contributed by atoms with Crippen LogP contribution in [0.2, 0.25) is 0 Å². The Morgan fingerprint density at radius 1 is 0.917 bits per heavy atom. The highest BCUT2D eigenvalue weighted by Gasteiger charge is 2.39. The molecular formula is C12H18F6N2O4. The molecule has 5 N–H and O–H groups in total. The molecule has 142 valence electrons. The van der Waals surface area contributed by atoms with Crippen LogP contribution in [0.25, 0.3) is 0 Å². The van der Waals surface area contributed by atoms with Crippen LogP contribution in [0.3, 0.4) is 0 Å². The zero-order chi connectivity index (χ0) is 19.1. The van der Waals surface area contributed by atoms with E-state index >= 15 is 0 Å². The van der Waals surface area contributed by atoms with Gasteiger partial charge in [-0.05, 0) is 44.2 Å². The van der Waals surface area contributed by atoms with E-state index < -0.39 is 24.3 Å². The van der Waals surface area contributed by atoms with Crippen LogP contribution in [0.4, 0.5) is 26.3 Å². The van der Waals surface area contributed by atoms with Gasteiger partial charge in [0.2, 0.25) is 0 Å². The zero-order valence-corrected chi connectivity index (χ0v) is 12.3. The molecule has 1 aliphatic carbocycles. The average molecular weight is 368 g/mol. The molecule has 0 bridgehead atoms. The molecule has 1 aliphatic heterocycles. The highest BCUT2D eigenvalue weighted by atomic mass is 19.4. The second kappa shape index (κ2) is 9.06. The number of carboxylic acids is 2. The Balaban J connectivity index is 0.000000343. The summed E-state index contributed by atoms with van der Waals surface area (Å²) in [6, 6.07) is 0.494.